The summed E-state index contributed by atoms with van der Waals surface area (Å²) in [6.45, 7) is 4.14. The molecule has 0 aromatic heterocycles. The number of hydrogen-bond donors (Lipinski definition) is 2. The summed E-state index contributed by atoms with van der Waals surface area (Å²) in [6.07, 6.45) is 2.06. The standard InChI is InChI=1S/C16H24N2O3.ClH/c1-12(17-2)11-18-16(19)13-3-5-14(6-4-13)21-15-7-9-20-10-8-15;/h3-6,12,15,17H,7-11H2,1-2H3,(H,18,19);1H. The van der Waals surface area contributed by atoms with Crippen LogP contribution in [0.5, 0.6) is 5.75 Å². The molecule has 1 unspecified atom stereocenters. The van der Waals surface area contributed by atoms with Crippen molar-refractivity contribution in [1.29, 1.82) is 0 Å². The second kappa shape index (κ2) is 9.66. The maximum Gasteiger partial charge on any atom is 0.251 e. The molecular formula is C16H25ClN2O3. The highest BCUT2D eigenvalue weighted by Crippen LogP contribution is 2.18. The highest BCUT2D eigenvalue weighted by molar-refractivity contribution is 5.94. The van der Waals surface area contributed by atoms with Crippen molar-refractivity contribution in [2.45, 2.75) is 31.9 Å². The third-order valence-corrected chi connectivity index (χ3v) is 3.65. The van der Waals surface area contributed by atoms with Gasteiger partial charge in [-0.05, 0) is 38.2 Å². The summed E-state index contributed by atoms with van der Waals surface area (Å²) in [5, 5.41) is 5.97. The van der Waals surface area contributed by atoms with E-state index in [4.69, 9.17) is 9.47 Å². The average molecular weight is 329 g/mol. The molecule has 1 saturated heterocycles. The lowest BCUT2D eigenvalue weighted by molar-refractivity contribution is 0.0256. The van der Waals surface area contributed by atoms with E-state index in [0.29, 0.717) is 12.1 Å². The van der Waals surface area contributed by atoms with Crippen molar-refractivity contribution in [2.24, 2.45) is 0 Å². The van der Waals surface area contributed by atoms with Crippen molar-refractivity contribution < 1.29 is 14.3 Å². The predicted molar refractivity (Wildman–Crippen MR) is 89.0 cm³/mol. The van der Waals surface area contributed by atoms with Crippen LogP contribution in [0.1, 0.15) is 30.1 Å². The van der Waals surface area contributed by atoms with Gasteiger partial charge in [0.1, 0.15) is 11.9 Å². The zero-order valence-corrected chi connectivity index (χ0v) is 13.9. The molecule has 5 nitrogen and oxygen atoms in total. The maximum absolute atomic E-state index is 12.0. The van der Waals surface area contributed by atoms with Crippen LogP contribution < -0.4 is 15.4 Å². The summed E-state index contributed by atoms with van der Waals surface area (Å²) < 4.78 is 11.2. The van der Waals surface area contributed by atoms with Gasteiger partial charge in [0.05, 0.1) is 13.2 Å². The van der Waals surface area contributed by atoms with Crippen LogP contribution in [0.15, 0.2) is 24.3 Å². The average Bonchev–Trinajstić information content (AvgIpc) is 2.54. The fourth-order valence-electron chi connectivity index (χ4n) is 2.12. The molecule has 1 fully saturated rings. The van der Waals surface area contributed by atoms with E-state index in [1.54, 1.807) is 12.1 Å². The second-order valence-electron chi connectivity index (χ2n) is 5.35. The van der Waals surface area contributed by atoms with Crippen LogP contribution in [0.4, 0.5) is 0 Å². The molecule has 2 N–H and O–H groups in total. The summed E-state index contributed by atoms with van der Waals surface area (Å²) in [5.41, 5.74) is 0.651. The number of carbonyl (C=O) groups excluding carboxylic acids is 1. The van der Waals surface area contributed by atoms with Gasteiger partial charge in [-0.2, -0.15) is 0 Å². The van der Waals surface area contributed by atoms with Gasteiger partial charge in [0.15, 0.2) is 0 Å². The Labute approximate surface area is 138 Å². The van der Waals surface area contributed by atoms with Gasteiger partial charge in [0.2, 0.25) is 0 Å². The molecule has 0 radical (unpaired) electrons. The summed E-state index contributed by atoms with van der Waals surface area (Å²) >= 11 is 0. The number of benzene rings is 1. The Morgan fingerprint density at radius 2 is 1.95 bits per heavy atom. The number of rotatable bonds is 6. The zero-order valence-electron chi connectivity index (χ0n) is 13.1. The molecule has 0 aliphatic carbocycles. The molecule has 1 aromatic rings. The molecule has 6 heteroatoms. The summed E-state index contributed by atoms with van der Waals surface area (Å²) in [6, 6.07) is 7.56. The summed E-state index contributed by atoms with van der Waals surface area (Å²) in [5.74, 6) is 0.747. The molecule has 124 valence electrons. The quantitative estimate of drug-likeness (QED) is 0.838. The minimum atomic E-state index is -0.0604. The van der Waals surface area contributed by atoms with E-state index >= 15 is 0 Å². The predicted octanol–water partition coefficient (Wildman–Crippen LogP) is 2.00. The fourth-order valence-corrected chi connectivity index (χ4v) is 2.12. The normalized spacial score (nSPS) is 16.5. The highest BCUT2D eigenvalue weighted by atomic mass is 35.5. The minimum Gasteiger partial charge on any atom is -0.490 e. The lowest BCUT2D eigenvalue weighted by atomic mass is 10.1. The first kappa shape index (κ1) is 18.7. The van der Waals surface area contributed by atoms with Gasteiger partial charge in [0, 0.05) is 31.0 Å². The van der Waals surface area contributed by atoms with E-state index in [-0.39, 0.29) is 30.5 Å². The van der Waals surface area contributed by atoms with Gasteiger partial charge >= 0.3 is 0 Å². The first-order valence-electron chi connectivity index (χ1n) is 7.49. The van der Waals surface area contributed by atoms with E-state index in [2.05, 4.69) is 10.6 Å². The summed E-state index contributed by atoms with van der Waals surface area (Å²) in [7, 11) is 1.87. The van der Waals surface area contributed by atoms with E-state index in [9.17, 15) is 4.79 Å². The number of hydrogen-bond acceptors (Lipinski definition) is 4. The van der Waals surface area contributed by atoms with Crippen molar-refractivity contribution in [3.63, 3.8) is 0 Å². The number of amides is 1. The molecule has 22 heavy (non-hydrogen) atoms. The van der Waals surface area contributed by atoms with Crippen molar-refractivity contribution in [1.82, 2.24) is 10.6 Å². The van der Waals surface area contributed by atoms with E-state index < -0.39 is 0 Å². The Morgan fingerprint density at radius 3 is 2.55 bits per heavy atom. The fraction of sp³-hybridized carbons (Fsp3) is 0.562. The number of halogens is 1. The van der Waals surface area contributed by atoms with Crippen LogP contribution in [0, 0.1) is 0 Å². The lowest BCUT2D eigenvalue weighted by Gasteiger charge is -2.23. The van der Waals surface area contributed by atoms with Crippen LogP contribution >= 0.6 is 12.4 Å². The van der Waals surface area contributed by atoms with E-state index in [0.717, 1.165) is 31.8 Å². The second-order valence-corrected chi connectivity index (χ2v) is 5.35. The molecule has 0 saturated carbocycles. The Morgan fingerprint density at radius 1 is 1.32 bits per heavy atom. The largest absolute Gasteiger partial charge is 0.490 e. The van der Waals surface area contributed by atoms with Crippen molar-refractivity contribution in [2.75, 3.05) is 26.8 Å². The molecule has 0 bridgehead atoms. The number of nitrogens with one attached hydrogen (secondary N) is 2. The van der Waals surface area contributed by atoms with Gasteiger partial charge < -0.3 is 20.1 Å². The zero-order chi connectivity index (χ0) is 15.1. The maximum atomic E-state index is 12.0. The van der Waals surface area contributed by atoms with E-state index in [1.807, 2.05) is 26.1 Å². The topological polar surface area (TPSA) is 59.6 Å². The Bertz CT molecular complexity index is 447. The van der Waals surface area contributed by atoms with Crippen LogP contribution in [-0.2, 0) is 4.74 Å². The van der Waals surface area contributed by atoms with Crippen molar-refractivity contribution in [3.05, 3.63) is 29.8 Å². The SMILES string of the molecule is CNC(C)CNC(=O)c1ccc(OC2CCOCC2)cc1.Cl. The van der Waals surface area contributed by atoms with Crippen LogP contribution in [-0.4, -0.2) is 44.9 Å². The van der Waals surface area contributed by atoms with Gasteiger partial charge in [-0.25, -0.2) is 0 Å². The van der Waals surface area contributed by atoms with Crippen molar-refractivity contribution in [3.8, 4) is 5.75 Å². The van der Waals surface area contributed by atoms with Crippen LogP contribution in [0.2, 0.25) is 0 Å². The Hall–Kier alpha value is -1.30. The minimum absolute atomic E-state index is 0. The van der Waals surface area contributed by atoms with Gasteiger partial charge in [-0.1, -0.05) is 0 Å². The molecule has 1 heterocycles. The Kier molecular flexibility index (Phi) is 8.24. The highest BCUT2D eigenvalue weighted by Gasteiger charge is 2.15. The molecule has 1 aliphatic heterocycles. The molecule has 0 spiro atoms. The molecular weight excluding hydrogens is 304 g/mol. The molecule has 1 atom stereocenters. The monoisotopic (exact) mass is 328 g/mol. The van der Waals surface area contributed by atoms with Gasteiger partial charge in [0.25, 0.3) is 5.91 Å². The van der Waals surface area contributed by atoms with Crippen molar-refractivity contribution >= 4 is 18.3 Å². The number of likely N-dealkylation sites (N-methyl/N-ethyl adjacent to an activating group) is 1. The first-order chi connectivity index (χ1) is 10.2. The van der Waals surface area contributed by atoms with Crippen LogP contribution in [0.25, 0.3) is 0 Å². The first-order valence-corrected chi connectivity index (χ1v) is 7.49. The Balaban J connectivity index is 0.00000242. The summed E-state index contributed by atoms with van der Waals surface area (Å²) in [4.78, 5) is 12.0. The molecule has 1 amide bonds. The molecule has 1 aliphatic rings. The van der Waals surface area contributed by atoms with Gasteiger partial charge in [-0.3, -0.25) is 4.79 Å². The van der Waals surface area contributed by atoms with Gasteiger partial charge in [-0.15, -0.1) is 12.4 Å². The molecule has 2 rings (SSSR count). The lowest BCUT2D eigenvalue weighted by Crippen LogP contribution is -2.37. The number of carbonyl (C=O) groups is 1. The molecule has 1 aromatic carbocycles. The van der Waals surface area contributed by atoms with Crippen LogP contribution in [0.3, 0.4) is 0 Å². The smallest absolute Gasteiger partial charge is 0.251 e. The van der Waals surface area contributed by atoms with E-state index in [1.165, 1.54) is 0 Å². The number of ether oxygens (including phenoxy) is 2. The third-order valence-electron chi connectivity index (χ3n) is 3.65. The third kappa shape index (κ3) is 5.83.